The third-order valence-corrected chi connectivity index (χ3v) is 3.59. The number of hydrogen-bond donors (Lipinski definition) is 0. The number of carbonyl (C=O) groups excluding carboxylic acids is 1. The maximum atomic E-state index is 11.3. The Morgan fingerprint density at radius 3 is 2.83 bits per heavy atom. The molecule has 0 spiro atoms. The standard InChI is InChI=1S/C8H9BrO2S/c1-5-3-7(12-8(5)9)6(10)4-11-2/h3H,4H2,1-2H3. The van der Waals surface area contributed by atoms with Gasteiger partial charge in [0.25, 0.3) is 0 Å². The summed E-state index contributed by atoms with van der Waals surface area (Å²) >= 11 is 4.81. The van der Waals surface area contributed by atoms with E-state index in [0.29, 0.717) is 0 Å². The minimum Gasteiger partial charge on any atom is -0.376 e. The van der Waals surface area contributed by atoms with Gasteiger partial charge in [0, 0.05) is 7.11 Å². The van der Waals surface area contributed by atoms with E-state index >= 15 is 0 Å². The Morgan fingerprint density at radius 2 is 2.42 bits per heavy atom. The van der Waals surface area contributed by atoms with Crippen LogP contribution >= 0.6 is 27.3 Å². The first-order valence-electron chi connectivity index (χ1n) is 3.43. The molecule has 1 rings (SSSR count). The predicted octanol–water partition coefficient (Wildman–Crippen LogP) is 2.65. The lowest BCUT2D eigenvalue weighted by molar-refractivity contribution is 0.0852. The molecule has 66 valence electrons. The molecular formula is C8H9BrO2S. The molecule has 0 saturated carbocycles. The first-order valence-corrected chi connectivity index (χ1v) is 5.04. The zero-order valence-electron chi connectivity index (χ0n) is 6.89. The van der Waals surface area contributed by atoms with Crippen LogP contribution in [0.3, 0.4) is 0 Å². The number of ether oxygens (including phenoxy) is 1. The van der Waals surface area contributed by atoms with E-state index in [4.69, 9.17) is 4.74 Å². The lowest BCUT2D eigenvalue weighted by Crippen LogP contribution is -2.04. The van der Waals surface area contributed by atoms with E-state index in [-0.39, 0.29) is 12.4 Å². The van der Waals surface area contributed by atoms with E-state index in [2.05, 4.69) is 15.9 Å². The zero-order chi connectivity index (χ0) is 9.14. The molecule has 1 heterocycles. The molecule has 0 N–H and O–H groups in total. The van der Waals surface area contributed by atoms with Crippen molar-refractivity contribution < 1.29 is 9.53 Å². The molecule has 0 aliphatic heterocycles. The van der Waals surface area contributed by atoms with Crippen molar-refractivity contribution in [1.29, 1.82) is 0 Å². The number of methoxy groups -OCH3 is 1. The Kier molecular flexibility index (Phi) is 3.43. The lowest BCUT2D eigenvalue weighted by Gasteiger charge is -1.92. The average molecular weight is 249 g/mol. The van der Waals surface area contributed by atoms with Gasteiger partial charge >= 0.3 is 0 Å². The molecule has 0 amide bonds. The van der Waals surface area contributed by atoms with Crippen molar-refractivity contribution >= 4 is 33.0 Å². The Morgan fingerprint density at radius 1 is 1.75 bits per heavy atom. The minimum atomic E-state index is 0.0382. The second kappa shape index (κ2) is 4.16. The Bertz CT molecular complexity index is 274. The molecule has 0 bridgehead atoms. The van der Waals surface area contributed by atoms with E-state index < -0.39 is 0 Å². The van der Waals surface area contributed by atoms with Crippen LogP contribution < -0.4 is 0 Å². The highest BCUT2D eigenvalue weighted by molar-refractivity contribution is 9.11. The summed E-state index contributed by atoms with van der Waals surface area (Å²) in [6, 6.07) is 1.87. The second-order valence-electron chi connectivity index (χ2n) is 2.42. The van der Waals surface area contributed by atoms with Crippen LogP contribution in [-0.2, 0) is 4.74 Å². The summed E-state index contributed by atoms with van der Waals surface area (Å²) < 4.78 is 5.76. The number of thiophene rings is 1. The van der Waals surface area contributed by atoms with E-state index in [1.54, 1.807) is 0 Å². The summed E-state index contributed by atoms with van der Waals surface area (Å²) in [4.78, 5) is 12.0. The van der Waals surface area contributed by atoms with Crippen LogP contribution in [0.5, 0.6) is 0 Å². The molecule has 0 fully saturated rings. The molecule has 0 saturated heterocycles. The summed E-state index contributed by atoms with van der Waals surface area (Å²) in [5.74, 6) is 0.0382. The molecular weight excluding hydrogens is 240 g/mol. The van der Waals surface area contributed by atoms with E-state index in [1.807, 2.05) is 13.0 Å². The largest absolute Gasteiger partial charge is 0.376 e. The fourth-order valence-corrected chi connectivity index (χ4v) is 2.26. The number of carbonyl (C=O) groups is 1. The van der Waals surface area contributed by atoms with E-state index in [1.165, 1.54) is 18.4 Å². The highest BCUT2D eigenvalue weighted by Gasteiger charge is 2.10. The molecule has 12 heavy (non-hydrogen) atoms. The van der Waals surface area contributed by atoms with Gasteiger partial charge in [0.2, 0.25) is 0 Å². The Balaban J connectivity index is 2.82. The number of aryl methyl sites for hydroxylation is 1. The molecule has 0 aliphatic rings. The SMILES string of the molecule is COCC(=O)c1cc(C)c(Br)s1. The molecule has 2 nitrogen and oxygen atoms in total. The van der Waals surface area contributed by atoms with Crippen molar-refractivity contribution in [1.82, 2.24) is 0 Å². The topological polar surface area (TPSA) is 26.3 Å². The molecule has 0 atom stereocenters. The third kappa shape index (κ3) is 2.15. The van der Waals surface area contributed by atoms with Gasteiger partial charge in [0.15, 0.2) is 5.78 Å². The van der Waals surface area contributed by atoms with E-state index in [0.717, 1.165) is 14.2 Å². The van der Waals surface area contributed by atoms with Crippen molar-refractivity contribution in [2.45, 2.75) is 6.92 Å². The van der Waals surface area contributed by atoms with Crippen LogP contribution in [0, 0.1) is 6.92 Å². The molecule has 1 aromatic heterocycles. The van der Waals surface area contributed by atoms with Crippen LogP contribution in [0.1, 0.15) is 15.2 Å². The third-order valence-electron chi connectivity index (χ3n) is 1.41. The molecule has 4 heteroatoms. The van der Waals surface area contributed by atoms with Gasteiger partial charge in [-0.1, -0.05) is 0 Å². The number of hydrogen-bond acceptors (Lipinski definition) is 3. The lowest BCUT2D eigenvalue weighted by atomic mass is 10.3. The van der Waals surface area contributed by atoms with Crippen molar-refractivity contribution in [3.05, 3.63) is 20.3 Å². The first kappa shape index (κ1) is 9.89. The van der Waals surface area contributed by atoms with Gasteiger partial charge in [-0.2, -0.15) is 0 Å². The van der Waals surface area contributed by atoms with Crippen LogP contribution in [0.15, 0.2) is 9.85 Å². The second-order valence-corrected chi connectivity index (χ2v) is 4.79. The predicted molar refractivity (Wildman–Crippen MR) is 53.0 cm³/mol. The number of ketones is 1. The highest BCUT2D eigenvalue weighted by Crippen LogP contribution is 2.27. The van der Waals surface area contributed by atoms with Crippen LogP contribution in [-0.4, -0.2) is 19.5 Å². The van der Waals surface area contributed by atoms with Crippen LogP contribution in [0.4, 0.5) is 0 Å². The highest BCUT2D eigenvalue weighted by atomic mass is 79.9. The quantitative estimate of drug-likeness (QED) is 0.770. The maximum Gasteiger partial charge on any atom is 0.198 e. The summed E-state index contributed by atoms with van der Waals surface area (Å²) in [6.07, 6.45) is 0. The minimum absolute atomic E-state index is 0.0382. The van der Waals surface area contributed by atoms with Crippen molar-refractivity contribution in [2.24, 2.45) is 0 Å². The fourth-order valence-electron chi connectivity index (χ4n) is 0.800. The van der Waals surface area contributed by atoms with E-state index in [9.17, 15) is 4.79 Å². The van der Waals surface area contributed by atoms with Crippen LogP contribution in [0.2, 0.25) is 0 Å². The normalized spacial score (nSPS) is 10.2. The monoisotopic (exact) mass is 248 g/mol. The molecule has 0 radical (unpaired) electrons. The molecule has 0 aromatic carbocycles. The number of rotatable bonds is 3. The zero-order valence-corrected chi connectivity index (χ0v) is 9.29. The summed E-state index contributed by atoms with van der Waals surface area (Å²) in [7, 11) is 1.52. The van der Waals surface area contributed by atoms with Crippen molar-refractivity contribution in [3.8, 4) is 0 Å². The van der Waals surface area contributed by atoms with Gasteiger partial charge in [0.1, 0.15) is 6.61 Å². The summed E-state index contributed by atoms with van der Waals surface area (Å²) in [5, 5.41) is 0. The van der Waals surface area contributed by atoms with Crippen molar-refractivity contribution in [2.75, 3.05) is 13.7 Å². The van der Waals surface area contributed by atoms with Gasteiger partial charge < -0.3 is 4.74 Å². The fraction of sp³-hybridized carbons (Fsp3) is 0.375. The summed E-state index contributed by atoms with van der Waals surface area (Å²) in [5.41, 5.74) is 1.10. The van der Waals surface area contributed by atoms with Gasteiger partial charge in [-0.15, -0.1) is 11.3 Å². The van der Waals surface area contributed by atoms with Gasteiger partial charge in [-0.3, -0.25) is 4.79 Å². The van der Waals surface area contributed by atoms with Gasteiger partial charge in [0.05, 0.1) is 8.66 Å². The Hall–Kier alpha value is -0.190. The number of halogens is 1. The average Bonchev–Trinajstić information content (AvgIpc) is 2.33. The van der Waals surface area contributed by atoms with Crippen LogP contribution in [0.25, 0.3) is 0 Å². The first-order chi connectivity index (χ1) is 5.65. The Labute approximate surface area is 83.7 Å². The molecule has 0 aliphatic carbocycles. The maximum absolute atomic E-state index is 11.3. The number of Topliss-reactive ketones (excluding diaryl/α,β-unsaturated/α-hetero) is 1. The summed E-state index contributed by atoms with van der Waals surface area (Å²) in [6.45, 7) is 2.12. The molecule has 0 unspecified atom stereocenters. The van der Waals surface area contributed by atoms with Gasteiger partial charge in [-0.25, -0.2) is 0 Å². The molecule has 1 aromatic rings. The smallest absolute Gasteiger partial charge is 0.198 e. The van der Waals surface area contributed by atoms with Crippen molar-refractivity contribution in [3.63, 3.8) is 0 Å². The van der Waals surface area contributed by atoms with Gasteiger partial charge in [-0.05, 0) is 34.5 Å².